The summed E-state index contributed by atoms with van der Waals surface area (Å²) >= 11 is 0. The van der Waals surface area contributed by atoms with E-state index in [0.29, 0.717) is 0 Å². The number of hydrogen-bond donors (Lipinski definition) is 0. The van der Waals surface area contributed by atoms with Crippen molar-refractivity contribution in [3.05, 3.63) is 140 Å². The van der Waals surface area contributed by atoms with Gasteiger partial charge >= 0.3 is 0 Å². The lowest BCUT2D eigenvalue weighted by Gasteiger charge is -2.26. The van der Waals surface area contributed by atoms with Gasteiger partial charge in [0.05, 0.1) is 0 Å². The molecule has 0 unspecified atom stereocenters. The van der Waals surface area contributed by atoms with Gasteiger partial charge in [-0.1, -0.05) is 250 Å². The molecule has 0 saturated heterocycles. The lowest BCUT2D eigenvalue weighted by Crippen LogP contribution is -2.45. The maximum absolute atomic E-state index is 2.63. The van der Waals surface area contributed by atoms with Crippen LogP contribution in [-0.4, -0.2) is 48.4 Å². The fourth-order valence-corrected chi connectivity index (χ4v) is 23.4. The molecule has 0 spiro atoms. The van der Waals surface area contributed by atoms with E-state index in [4.69, 9.17) is 0 Å². The summed E-state index contributed by atoms with van der Waals surface area (Å²) in [6.45, 7) is 44.1. The highest BCUT2D eigenvalue weighted by Crippen LogP contribution is 2.22. The number of fused-ring (bicyclic) bond motifs is 3. The lowest BCUT2D eigenvalue weighted by atomic mass is 10.2. The Bertz CT molecular complexity index is 1640. The van der Waals surface area contributed by atoms with Crippen molar-refractivity contribution in [3.8, 4) is 0 Å². The van der Waals surface area contributed by atoms with Gasteiger partial charge < -0.3 is 0 Å². The van der Waals surface area contributed by atoms with Gasteiger partial charge in [-0.25, -0.2) is 0 Å². The molecule has 54 heavy (non-hydrogen) atoms. The summed E-state index contributed by atoms with van der Waals surface area (Å²) < 4.78 is 0. The van der Waals surface area contributed by atoms with Crippen LogP contribution in [0.2, 0.25) is 78.6 Å². The fraction of sp³-hybridized carbons (Fsp3) is 0.375. The van der Waals surface area contributed by atoms with E-state index in [1.807, 2.05) is 0 Å². The van der Waals surface area contributed by atoms with Crippen LogP contribution in [0.15, 0.2) is 140 Å². The van der Waals surface area contributed by atoms with Crippen LogP contribution in [0.4, 0.5) is 0 Å². The Morgan fingerprint density at radius 3 is 0.389 bits per heavy atom. The Kier molecular flexibility index (Phi) is 13.2. The zero-order valence-electron chi connectivity index (χ0n) is 37.4. The predicted octanol–water partition coefficient (Wildman–Crippen LogP) is 10.5. The normalized spacial score (nSPS) is 27.0. The second-order valence-corrected chi connectivity index (χ2v) is 45.9. The quantitative estimate of drug-likeness (QED) is 0.198. The van der Waals surface area contributed by atoms with Crippen LogP contribution in [0, 0.1) is 0 Å². The molecular formula is C48H72Si6. The smallest absolute Gasteiger partial charge is 0.0871 e. The number of allylic oxidation sites excluding steroid dienone is 6. The molecule has 0 aromatic heterocycles. The summed E-state index contributed by atoms with van der Waals surface area (Å²) in [5.41, 5.74) is 24.4. The first kappa shape index (κ1) is 44.1. The van der Waals surface area contributed by atoms with E-state index in [-0.39, 0.29) is 0 Å². The van der Waals surface area contributed by atoms with Crippen molar-refractivity contribution in [3.63, 3.8) is 0 Å². The van der Waals surface area contributed by atoms with Gasteiger partial charge in [-0.05, 0) is 41.5 Å². The Morgan fingerprint density at radius 2 is 0.296 bits per heavy atom. The number of rotatable bonds is 0. The van der Waals surface area contributed by atoms with Gasteiger partial charge in [-0.15, -0.1) is 0 Å². The molecule has 0 aliphatic carbocycles. The van der Waals surface area contributed by atoms with Crippen molar-refractivity contribution in [1.29, 1.82) is 0 Å². The summed E-state index contributed by atoms with van der Waals surface area (Å²) in [5, 5.41) is 9.07. The largest absolute Gasteiger partial charge is 0.104 e. The maximum Gasteiger partial charge on any atom is 0.104 e. The third-order valence-corrected chi connectivity index (χ3v) is 30.3. The molecule has 3 aromatic rings. The highest BCUT2D eigenvalue weighted by molar-refractivity contribution is 6.97. The molecule has 0 N–H and O–H groups in total. The van der Waals surface area contributed by atoms with Crippen LogP contribution in [0.1, 0.15) is 41.5 Å². The highest BCUT2D eigenvalue weighted by Gasteiger charge is 2.29. The molecule has 0 nitrogen and oxygen atoms in total. The van der Waals surface area contributed by atoms with Crippen molar-refractivity contribution in [2.75, 3.05) is 0 Å². The van der Waals surface area contributed by atoms with Gasteiger partial charge in [0.2, 0.25) is 0 Å². The van der Waals surface area contributed by atoms with E-state index >= 15 is 0 Å². The number of hydrogen-bond acceptors (Lipinski definition) is 0. The Balaban J connectivity index is 1.86. The van der Waals surface area contributed by atoms with Crippen molar-refractivity contribution < 1.29 is 0 Å². The van der Waals surface area contributed by atoms with Crippen molar-refractivity contribution in [1.82, 2.24) is 0 Å². The first-order valence-corrected chi connectivity index (χ1v) is 38.6. The second kappa shape index (κ2) is 16.1. The molecule has 6 bridgehead atoms. The zero-order chi connectivity index (χ0) is 40.7. The monoisotopic (exact) mass is 816 g/mol. The molecule has 0 radical (unpaired) electrons. The minimum atomic E-state index is -1.80. The average molecular weight is 818 g/mol. The first-order valence-electron chi connectivity index (χ1n) is 20.2. The van der Waals surface area contributed by atoms with Crippen LogP contribution < -0.4 is 31.1 Å². The summed E-state index contributed by atoms with van der Waals surface area (Å²) in [5.74, 6) is 0. The van der Waals surface area contributed by atoms with Gasteiger partial charge in [0.15, 0.2) is 0 Å². The molecule has 288 valence electrons. The topological polar surface area (TPSA) is 0 Å². The molecule has 6 heteroatoms. The second-order valence-electron chi connectivity index (χ2n) is 20.0. The zero-order valence-corrected chi connectivity index (χ0v) is 43.4. The first-order chi connectivity index (χ1) is 24.7. The minimum absolute atomic E-state index is 1.44. The Labute approximate surface area is 338 Å². The van der Waals surface area contributed by atoms with Crippen molar-refractivity contribution in [2.45, 2.75) is 120 Å². The summed E-state index contributed by atoms with van der Waals surface area (Å²) in [4.78, 5) is 0. The molecule has 0 fully saturated rings. The van der Waals surface area contributed by atoms with Crippen LogP contribution in [0.5, 0.6) is 0 Å². The molecule has 4 aliphatic heterocycles. The summed E-state index contributed by atoms with van der Waals surface area (Å²) in [6, 6.07) is 29.4. The van der Waals surface area contributed by atoms with E-state index in [9.17, 15) is 0 Å². The maximum atomic E-state index is 2.63. The molecule has 0 atom stereocenters. The van der Waals surface area contributed by atoms with Gasteiger partial charge in [-0.2, -0.15) is 0 Å². The van der Waals surface area contributed by atoms with Crippen LogP contribution >= 0.6 is 0 Å². The van der Waals surface area contributed by atoms with E-state index in [1.54, 1.807) is 0 Å². The number of benzene rings is 3. The summed E-state index contributed by atoms with van der Waals surface area (Å²) in [7, 11) is -10.8. The molecule has 7 rings (SSSR count). The van der Waals surface area contributed by atoms with Gasteiger partial charge in [0.25, 0.3) is 0 Å². The Hall–Kier alpha value is -2.60. The average Bonchev–Trinajstić information content (AvgIpc) is 3.07. The molecular weight excluding hydrogens is 745 g/mol. The van der Waals surface area contributed by atoms with Crippen molar-refractivity contribution in [2.24, 2.45) is 0 Å². The molecule has 0 amide bonds. The lowest BCUT2D eigenvalue weighted by molar-refractivity contribution is 1.35. The molecule has 4 aliphatic rings. The third-order valence-electron chi connectivity index (χ3n) is 12.4. The highest BCUT2D eigenvalue weighted by atomic mass is 28.3. The minimum Gasteiger partial charge on any atom is -0.0871 e. The van der Waals surface area contributed by atoms with Crippen LogP contribution in [0.3, 0.4) is 0 Å². The molecule has 4 heterocycles. The molecule has 3 aromatic carbocycles. The van der Waals surface area contributed by atoms with Crippen LogP contribution in [0.25, 0.3) is 0 Å². The molecule has 0 saturated carbocycles. The van der Waals surface area contributed by atoms with Gasteiger partial charge in [0.1, 0.15) is 48.4 Å². The van der Waals surface area contributed by atoms with Crippen LogP contribution in [-0.2, 0) is 0 Å². The van der Waals surface area contributed by atoms with E-state index in [2.05, 4.69) is 227 Å². The van der Waals surface area contributed by atoms with Crippen molar-refractivity contribution >= 4 is 79.6 Å². The summed E-state index contributed by atoms with van der Waals surface area (Å²) in [6.07, 6.45) is 0. The van der Waals surface area contributed by atoms with Gasteiger partial charge in [0, 0.05) is 0 Å². The van der Waals surface area contributed by atoms with Gasteiger partial charge in [-0.3, -0.25) is 0 Å². The SMILES string of the molecule is CC1=C\[Si](C)(C)c2ccc(cc2)[Si](C)(C)/C=C(C)/C(C)=C/[Si](C)(C)c2ccc(cc2)[Si](C)(C)/C=C(C)/C(C)=C/[Si](C)(C)c2ccc(cc2)[Si](C)(C)\C=C\1C. The third kappa shape index (κ3) is 10.4. The standard InChI is InChI=1S/C48H72Si6/c1-37-31-49(7,8)43-19-21-45(22-20-43)51(11,12)33-39(3)41(5)35-53(15,16)47-27-29-48(30-28-47)54(17,18)36-42(6)40(4)34-52(13,14)46-25-23-44(24-26-46)50(9,10)32-38(37)2/h19-36H,1-18H3/b37-31+,38-32+,39-33+,40-34+,41-35+,42-36+. The van der Waals surface area contributed by atoms with E-state index in [0.717, 1.165) is 0 Å². The Morgan fingerprint density at radius 1 is 0.204 bits per heavy atom. The van der Waals surface area contributed by atoms with E-state index < -0.39 is 48.4 Å². The predicted molar refractivity (Wildman–Crippen MR) is 265 cm³/mol. The fourth-order valence-electron chi connectivity index (χ4n) is 8.42. The van der Waals surface area contributed by atoms with E-state index in [1.165, 1.54) is 64.6 Å².